The Morgan fingerprint density at radius 1 is 1.42 bits per heavy atom. The second kappa shape index (κ2) is 5.11. The summed E-state index contributed by atoms with van der Waals surface area (Å²) in [6.45, 7) is 8.09. The van der Waals surface area contributed by atoms with Gasteiger partial charge in [0.05, 0.1) is 6.04 Å². The topological polar surface area (TPSA) is 47.6 Å². The zero-order valence-corrected chi connectivity index (χ0v) is 11.9. The maximum Gasteiger partial charge on any atom is 0.408 e. The van der Waals surface area contributed by atoms with Gasteiger partial charge in [-0.1, -0.05) is 12.1 Å². The van der Waals surface area contributed by atoms with Gasteiger partial charge in [0, 0.05) is 0 Å². The highest BCUT2D eigenvalue weighted by Crippen LogP contribution is 2.27. The molecule has 0 bridgehead atoms. The Morgan fingerprint density at radius 3 is 2.84 bits per heavy atom. The van der Waals surface area contributed by atoms with Crippen LogP contribution in [0.4, 0.5) is 4.79 Å². The number of hydrogen-bond donors (Lipinski definition) is 1. The van der Waals surface area contributed by atoms with E-state index in [0.29, 0.717) is 6.61 Å². The van der Waals surface area contributed by atoms with Crippen molar-refractivity contribution in [2.75, 3.05) is 6.61 Å². The van der Waals surface area contributed by atoms with Crippen LogP contribution in [-0.4, -0.2) is 24.3 Å². The molecule has 2 rings (SSSR count). The number of carbonyl (C=O) groups is 1. The molecule has 1 N–H and O–H groups in total. The molecule has 0 saturated carbocycles. The molecule has 0 spiro atoms. The Morgan fingerprint density at radius 2 is 2.16 bits per heavy atom. The standard InChI is InChI=1S/C15H21NO3/c1-10-6-5-7-13-12(10)8-11(9-18-13)16-14(17)19-15(2,3)4/h5-7,11H,8-9H2,1-4H3,(H,16,17). The zero-order chi connectivity index (χ0) is 14.0. The minimum Gasteiger partial charge on any atom is -0.491 e. The van der Waals surface area contributed by atoms with Crippen molar-refractivity contribution in [3.05, 3.63) is 29.3 Å². The normalized spacial score (nSPS) is 18.2. The maximum atomic E-state index is 11.7. The average molecular weight is 263 g/mol. The van der Waals surface area contributed by atoms with Gasteiger partial charge in [-0.05, 0) is 51.3 Å². The van der Waals surface area contributed by atoms with Crippen LogP contribution in [0.3, 0.4) is 0 Å². The molecule has 4 nitrogen and oxygen atoms in total. The fourth-order valence-corrected chi connectivity index (χ4v) is 2.13. The molecule has 1 aliphatic heterocycles. The Bertz CT molecular complexity index is 477. The summed E-state index contributed by atoms with van der Waals surface area (Å²) in [6.07, 6.45) is 0.388. The number of alkyl carbamates (subject to hydrolysis) is 1. The minimum absolute atomic E-state index is 0.0385. The van der Waals surface area contributed by atoms with Crippen LogP contribution in [0, 0.1) is 6.92 Å². The summed E-state index contributed by atoms with van der Waals surface area (Å²) in [7, 11) is 0. The molecular weight excluding hydrogens is 242 g/mol. The predicted octanol–water partition coefficient (Wildman–Crippen LogP) is 2.82. The van der Waals surface area contributed by atoms with E-state index < -0.39 is 11.7 Å². The number of benzene rings is 1. The number of ether oxygens (including phenoxy) is 2. The van der Waals surface area contributed by atoms with Crippen molar-refractivity contribution in [3.63, 3.8) is 0 Å². The molecule has 0 radical (unpaired) electrons. The molecule has 104 valence electrons. The van der Waals surface area contributed by atoms with E-state index in [1.165, 1.54) is 5.56 Å². The molecule has 0 aliphatic carbocycles. The van der Waals surface area contributed by atoms with E-state index in [2.05, 4.69) is 18.3 Å². The fraction of sp³-hybridized carbons (Fsp3) is 0.533. The average Bonchev–Trinajstić information content (AvgIpc) is 2.27. The van der Waals surface area contributed by atoms with E-state index in [-0.39, 0.29) is 6.04 Å². The van der Waals surface area contributed by atoms with Gasteiger partial charge in [0.2, 0.25) is 0 Å². The van der Waals surface area contributed by atoms with E-state index in [1.54, 1.807) is 0 Å². The fourth-order valence-electron chi connectivity index (χ4n) is 2.13. The smallest absolute Gasteiger partial charge is 0.408 e. The molecule has 0 aromatic heterocycles. The Hall–Kier alpha value is -1.71. The summed E-state index contributed by atoms with van der Waals surface area (Å²) >= 11 is 0. The third kappa shape index (κ3) is 3.63. The Kier molecular flexibility index (Phi) is 3.69. The molecule has 19 heavy (non-hydrogen) atoms. The lowest BCUT2D eigenvalue weighted by atomic mass is 9.98. The largest absolute Gasteiger partial charge is 0.491 e. The SMILES string of the molecule is Cc1cccc2c1CC(NC(=O)OC(C)(C)C)CO2. The van der Waals surface area contributed by atoms with Crippen LogP contribution >= 0.6 is 0 Å². The number of rotatable bonds is 1. The minimum atomic E-state index is -0.479. The van der Waals surface area contributed by atoms with Crippen LogP contribution in [-0.2, 0) is 11.2 Å². The van der Waals surface area contributed by atoms with Gasteiger partial charge in [0.1, 0.15) is 18.0 Å². The first kappa shape index (κ1) is 13.7. The molecule has 1 aliphatic rings. The van der Waals surface area contributed by atoms with Gasteiger partial charge in [-0.3, -0.25) is 0 Å². The third-order valence-corrected chi connectivity index (χ3v) is 2.98. The lowest BCUT2D eigenvalue weighted by molar-refractivity contribution is 0.0481. The van der Waals surface area contributed by atoms with Crippen molar-refractivity contribution >= 4 is 6.09 Å². The Balaban J connectivity index is 1.99. The van der Waals surface area contributed by atoms with Gasteiger partial charge in [-0.15, -0.1) is 0 Å². The van der Waals surface area contributed by atoms with Crippen LogP contribution in [0.1, 0.15) is 31.9 Å². The molecule has 0 saturated heterocycles. The number of amides is 1. The second-order valence-corrected chi connectivity index (χ2v) is 5.91. The second-order valence-electron chi connectivity index (χ2n) is 5.91. The number of carbonyl (C=O) groups excluding carboxylic acids is 1. The lowest BCUT2D eigenvalue weighted by Crippen LogP contribution is -2.45. The molecule has 1 unspecified atom stereocenters. The van der Waals surface area contributed by atoms with E-state index in [9.17, 15) is 4.79 Å². The highest BCUT2D eigenvalue weighted by Gasteiger charge is 2.24. The molecule has 1 amide bonds. The first-order valence-corrected chi connectivity index (χ1v) is 6.56. The van der Waals surface area contributed by atoms with Crippen molar-refractivity contribution in [1.82, 2.24) is 5.32 Å². The molecule has 1 atom stereocenters. The monoisotopic (exact) mass is 263 g/mol. The highest BCUT2D eigenvalue weighted by atomic mass is 16.6. The number of fused-ring (bicyclic) bond motifs is 1. The van der Waals surface area contributed by atoms with E-state index in [1.807, 2.05) is 32.9 Å². The van der Waals surface area contributed by atoms with Crippen molar-refractivity contribution in [2.45, 2.75) is 45.8 Å². The molecular formula is C15H21NO3. The summed E-state index contributed by atoms with van der Waals surface area (Å²) in [6, 6.07) is 5.96. The number of nitrogens with one attached hydrogen (secondary N) is 1. The predicted molar refractivity (Wildman–Crippen MR) is 73.5 cm³/mol. The van der Waals surface area contributed by atoms with Gasteiger partial charge in [-0.25, -0.2) is 4.79 Å². The summed E-state index contributed by atoms with van der Waals surface area (Å²) < 4.78 is 10.9. The molecule has 0 fully saturated rings. The van der Waals surface area contributed by atoms with E-state index in [4.69, 9.17) is 9.47 Å². The van der Waals surface area contributed by atoms with Crippen LogP contribution in [0.25, 0.3) is 0 Å². The maximum absolute atomic E-state index is 11.7. The van der Waals surface area contributed by atoms with Crippen LogP contribution < -0.4 is 10.1 Å². The summed E-state index contributed by atoms with van der Waals surface area (Å²) in [4.78, 5) is 11.7. The van der Waals surface area contributed by atoms with Crippen LogP contribution in [0.2, 0.25) is 0 Å². The lowest BCUT2D eigenvalue weighted by Gasteiger charge is -2.28. The van der Waals surface area contributed by atoms with Gasteiger partial charge in [0.25, 0.3) is 0 Å². The zero-order valence-electron chi connectivity index (χ0n) is 11.9. The van der Waals surface area contributed by atoms with Gasteiger partial charge in [-0.2, -0.15) is 0 Å². The van der Waals surface area contributed by atoms with Crippen LogP contribution in [0.15, 0.2) is 18.2 Å². The third-order valence-electron chi connectivity index (χ3n) is 2.98. The summed E-state index contributed by atoms with van der Waals surface area (Å²) in [5.74, 6) is 0.919. The van der Waals surface area contributed by atoms with Gasteiger partial charge < -0.3 is 14.8 Å². The number of aryl methyl sites for hydroxylation is 1. The molecule has 1 aromatic rings. The molecule has 4 heteroatoms. The van der Waals surface area contributed by atoms with Crippen molar-refractivity contribution in [3.8, 4) is 5.75 Å². The number of hydrogen-bond acceptors (Lipinski definition) is 3. The van der Waals surface area contributed by atoms with Crippen molar-refractivity contribution in [2.24, 2.45) is 0 Å². The van der Waals surface area contributed by atoms with E-state index >= 15 is 0 Å². The summed E-state index contributed by atoms with van der Waals surface area (Å²) in [5.41, 5.74) is 1.87. The van der Waals surface area contributed by atoms with Gasteiger partial charge in [0.15, 0.2) is 0 Å². The summed E-state index contributed by atoms with van der Waals surface area (Å²) in [5, 5.41) is 2.86. The van der Waals surface area contributed by atoms with E-state index in [0.717, 1.165) is 17.7 Å². The van der Waals surface area contributed by atoms with Crippen molar-refractivity contribution < 1.29 is 14.3 Å². The van der Waals surface area contributed by atoms with Gasteiger partial charge >= 0.3 is 6.09 Å². The first-order valence-electron chi connectivity index (χ1n) is 6.56. The Labute approximate surface area is 114 Å². The molecule has 1 heterocycles. The highest BCUT2D eigenvalue weighted by molar-refractivity contribution is 5.68. The first-order chi connectivity index (χ1) is 8.85. The molecule has 1 aromatic carbocycles. The van der Waals surface area contributed by atoms with Crippen molar-refractivity contribution in [1.29, 1.82) is 0 Å². The quantitative estimate of drug-likeness (QED) is 0.847. The van der Waals surface area contributed by atoms with Crippen LogP contribution in [0.5, 0.6) is 5.75 Å².